The largest absolute Gasteiger partial charge is 0.441 e. The zero-order valence-electron chi connectivity index (χ0n) is 21.6. The smallest absolute Gasteiger partial charge is 0.410 e. The molecule has 3 fully saturated rings. The molecule has 0 atom stereocenters. The number of aromatic nitrogens is 3. The van der Waals surface area contributed by atoms with Crippen LogP contribution in [0.3, 0.4) is 0 Å². The first kappa shape index (κ1) is 24.2. The van der Waals surface area contributed by atoms with Crippen LogP contribution in [-0.2, 0) is 29.1 Å². The molecule has 1 N–H and O–H groups in total. The fourth-order valence-electron chi connectivity index (χ4n) is 5.87. The number of benzene rings is 1. The van der Waals surface area contributed by atoms with Crippen molar-refractivity contribution in [2.75, 3.05) is 38.2 Å². The van der Waals surface area contributed by atoms with E-state index in [2.05, 4.69) is 34.4 Å². The van der Waals surface area contributed by atoms with E-state index in [1.54, 1.807) is 0 Å². The van der Waals surface area contributed by atoms with E-state index < -0.39 is 0 Å². The van der Waals surface area contributed by atoms with E-state index in [1.807, 2.05) is 40.2 Å². The van der Waals surface area contributed by atoms with Crippen LogP contribution in [-0.4, -0.2) is 75.1 Å². The third-order valence-electron chi connectivity index (χ3n) is 8.03. The van der Waals surface area contributed by atoms with Gasteiger partial charge in [-0.2, -0.15) is 5.10 Å². The molecule has 9 heteroatoms. The third kappa shape index (κ3) is 5.02. The first-order valence-electron chi connectivity index (χ1n) is 13.5. The van der Waals surface area contributed by atoms with E-state index in [-0.39, 0.29) is 11.7 Å². The second-order valence-electron chi connectivity index (χ2n) is 10.6. The Morgan fingerprint density at radius 1 is 1.08 bits per heavy atom. The number of hydrogen-bond donors (Lipinski definition) is 1. The molecule has 1 aromatic carbocycles. The first-order chi connectivity index (χ1) is 18.1. The van der Waals surface area contributed by atoms with Crippen LogP contribution in [0, 0.1) is 0 Å². The molecular weight excluding hydrogens is 468 g/mol. The fraction of sp³-hybridized carbons (Fsp3) is 0.536. The van der Waals surface area contributed by atoms with Gasteiger partial charge in [0.15, 0.2) is 5.65 Å². The van der Waals surface area contributed by atoms with Crippen LogP contribution >= 0.6 is 0 Å². The number of ether oxygens (including phenoxy) is 2. The van der Waals surface area contributed by atoms with Crippen molar-refractivity contribution in [2.24, 2.45) is 0 Å². The number of aryl methyl sites for hydroxylation is 1. The molecule has 37 heavy (non-hydrogen) atoms. The van der Waals surface area contributed by atoms with Crippen molar-refractivity contribution in [1.82, 2.24) is 24.6 Å². The van der Waals surface area contributed by atoms with Crippen molar-refractivity contribution >= 4 is 22.8 Å². The predicted octanol–water partition coefficient (Wildman–Crippen LogP) is 4.03. The van der Waals surface area contributed by atoms with Gasteiger partial charge in [-0.15, -0.1) is 0 Å². The summed E-state index contributed by atoms with van der Waals surface area (Å²) in [5.74, 6) is 0. The van der Waals surface area contributed by atoms with Crippen LogP contribution in [0.1, 0.15) is 43.7 Å². The number of hydrogen-bond acceptors (Lipinski definition) is 7. The monoisotopic (exact) mass is 504 g/mol. The number of nitrogens with one attached hydrogen (secondary N) is 1. The summed E-state index contributed by atoms with van der Waals surface area (Å²) in [5, 5.41) is 9.48. The summed E-state index contributed by atoms with van der Waals surface area (Å²) in [6, 6.07) is 10.5. The highest BCUT2D eigenvalue weighted by Crippen LogP contribution is 2.36. The summed E-state index contributed by atoms with van der Waals surface area (Å²) in [7, 11) is 0. The van der Waals surface area contributed by atoms with E-state index in [0.717, 1.165) is 87.4 Å². The Morgan fingerprint density at radius 3 is 2.62 bits per heavy atom. The highest BCUT2D eigenvalue weighted by molar-refractivity contribution is 5.90. The molecule has 3 aliphatic heterocycles. The van der Waals surface area contributed by atoms with E-state index >= 15 is 0 Å². The van der Waals surface area contributed by atoms with Gasteiger partial charge < -0.3 is 14.8 Å². The number of pyridine rings is 1. The van der Waals surface area contributed by atoms with Gasteiger partial charge in [0, 0.05) is 76.6 Å². The van der Waals surface area contributed by atoms with Crippen LogP contribution in [0.2, 0.25) is 0 Å². The van der Waals surface area contributed by atoms with Gasteiger partial charge in [0.25, 0.3) is 0 Å². The van der Waals surface area contributed by atoms with Gasteiger partial charge >= 0.3 is 6.09 Å². The SMILES string of the molecule is CCn1ncc2c(NC3CCOCC3)c(CN3CCC4(CC3)CN(Cc3ccccc3)C(=O)O4)cnc21. The molecule has 0 saturated carbocycles. The number of likely N-dealkylation sites (tertiary alicyclic amines) is 1. The van der Waals surface area contributed by atoms with Crippen molar-refractivity contribution in [3.63, 3.8) is 0 Å². The molecule has 2 aromatic heterocycles. The molecule has 0 radical (unpaired) electrons. The Balaban J connectivity index is 1.14. The van der Waals surface area contributed by atoms with Crippen molar-refractivity contribution in [2.45, 2.75) is 63.9 Å². The molecule has 1 spiro atoms. The van der Waals surface area contributed by atoms with Gasteiger partial charge in [-0.05, 0) is 25.3 Å². The normalized spacial score (nSPS) is 20.6. The molecule has 196 valence electrons. The van der Waals surface area contributed by atoms with Crippen LogP contribution in [0.4, 0.5) is 10.5 Å². The highest BCUT2D eigenvalue weighted by atomic mass is 16.6. The number of amides is 1. The van der Waals surface area contributed by atoms with Gasteiger partial charge in [-0.25, -0.2) is 14.5 Å². The lowest BCUT2D eigenvalue weighted by Crippen LogP contribution is -2.46. The quantitative estimate of drug-likeness (QED) is 0.520. The summed E-state index contributed by atoms with van der Waals surface area (Å²) in [6.07, 6.45) is 7.46. The standard InChI is InChI=1S/C28H36N6O3/c1-2-34-26-24(17-30-34)25(31-23-8-14-36-15-9-23)22(16-29-26)19-32-12-10-28(11-13-32)20-33(27(35)37-28)18-21-6-4-3-5-7-21/h3-7,16-17,23H,2,8-15,18-20H2,1H3,(H,29,31). The molecule has 0 aliphatic carbocycles. The number of carbonyl (C=O) groups excluding carboxylic acids is 1. The Bertz CT molecular complexity index is 1230. The summed E-state index contributed by atoms with van der Waals surface area (Å²) in [6.45, 7) is 8.31. The van der Waals surface area contributed by atoms with E-state index in [4.69, 9.17) is 14.5 Å². The van der Waals surface area contributed by atoms with Crippen molar-refractivity contribution in [3.8, 4) is 0 Å². The summed E-state index contributed by atoms with van der Waals surface area (Å²) in [5.41, 5.74) is 4.02. The zero-order valence-corrected chi connectivity index (χ0v) is 21.6. The molecule has 6 rings (SSSR count). The Morgan fingerprint density at radius 2 is 1.86 bits per heavy atom. The maximum Gasteiger partial charge on any atom is 0.410 e. The number of piperidine rings is 1. The average Bonchev–Trinajstić information content (AvgIpc) is 3.48. The van der Waals surface area contributed by atoms with Crippen molar-refractivity contribution in [1.29, 1.82) is 0 Å². The molecule has 5 heterocycles. The first-order valence-corrected chi connectivity index (χ1v) is 13.5. The number of anilines is 1. The molecular formula is C28H36N6O3. The van der Waals surface area contributed by atoms with Gasteiger partial charge in [0.2, 0.25) is 0 Å². The van der Waals surface area contributed by atoms with Gasteiger partial charge in [0.1, 0.15) is 5.60 Å². The lowest BCUT2D eigenvalue weighted by molar-refractivity contribution is -0.00122. The molecule has 0 unspecified atom stereocenters. The Hall–Kier alpha value is -3.17. The minimum Gasteiger partial charge on any atom is -0.441 e. The van der Waals surface area contributed by atoms with E-state index in [9.17, 15) is 4.79 Å². The fourth-order valence-corrected chi connectivity index (χ4v) is 5.87. The van der Waals surface area contributed by atoms with E-state index in [0.29, 0.717) is 19.1 Å². The van der Waals surface area contributed by atoms with Crippen LogP contribution in [0.15, 0.2) is 42.7 Å². The Labute approximate surface area is 217 Å². The van der Waals surface area contributed by atoms with Gasteiger partial charge in [-0.3, -0.25) is 9.80 Å². The number of fused-ring (bicyclic) bond motifs is 1. The van der Waals surface area contributed by atoms with Gasteiger partial charge in [-0.1, -0.05) is 30.3 Å². The van der Waals surface area contributed by atoms with Crippen LogP contribution in [0.25, 0.3) is 11.0 Å². The van der Waals surface area contributed by atoms with Crippen molar-refractivity contribution in [3.05, 3.63) is 53.9 Å². The molecule has 9 nitrogen and oxygen atoms in total. The molecule has 3 aliphatic rings. The second-order valence-corrected chi connectivity index (χ2v) is 10.6. The third-order valence-corrected chi connectivity index (χ3v) is 8.03. The topological polar surface area (TPSA) is 84.8 Å². The molecule has 3 aromatic rings. The Kier molecular flexibility index (Phi) is 6.73. The van der Waals surface area contributed by atoms with Crippen LogP contribution in [0.5, 0.6) is 0 Å². The second kappa shape index (κ2) is 10.3. The average molecular weight is 505 g/mol. The van der Waals surface area contributed by atoms with Crippen LogP contribution < -0.4 is 5.32 Å². The number of carbonyl (C=O) groups is 1. The number of nitrogens with zero attached hydrogens (tertiary/aromatic N) is 5. The molecule has 0 bridgehead atoms. The minimum atomic E-state index is -0.379. The summed E-state index contributed by atoms with van der Waals surface area (Å²) < 4.78 is 13.5. The van der Waals surface area contributed by atoms with Crippen molar-refractivity contribution < 1.29 is 14.3 Å². The minimum absolute atomic E-state index is 0.192. The molecule has 3 saturated heterocycles. The molecule has 1 amide bonds. The highest BCUT2D eigenvalue weighted by Gasteiger charge is 2.46. The predicted molar refractivity (Wildman–Crippen MR) is 141 cm³/mol. The maximum atomic E-state index is 12.7. The lowest BCUT2D eigenvalue weighted by atomic mass is 9.91. The van der Waals surface area contributed by atoms with Gasteiger partial charge in [0.05, 0.1) is 23.8 Å². The number of rotatable bonds is 7. The van der Waals surface area contributed by atoms with E-state index in [1.165, 1.54) is 5.56 Å². The maximum absolute atomic E-state index is 12.7. The summed E-state index contributed by atoms with van der Waals surface area (Å²) >= 11 is 0. The summed E-state index contributed by atoms with van der Waals surface area (Å²) in [4.78, 5) is 21.8. The zero-order chi connectivity index (χ0) is 25.2. The lowest BCUT2D eigenvalue weighted by Gasteiger charge is -2.37.